The van der Waals surface area contributed by atoms with E-state index < -0.39 is 0 Å². The van der Waals surface area contributed by atoms with E-state index in [4.69, 9.17) is 0 Å². The molecule has 1 fully saturated rings. The van der Waals surface area contributed by atoms with Crippen molar-refractivity contribution in [3.05, 3.63) is 11.8 Å². The Morgan fingerprint density at radius 1 is 1.40 bits per heavy atom. The van der Waals surface area contributed by atoms with Crippen molar-refractivity contribution in [1.82, 2.24) is 14.9 Å². The number of hydrogen-bond acceptors (Lipinski definition) is 6. The van der Waals surface area contributed by atoms with Gasteiger partial charge in [0.2, 0.25) is 5.91 Å². The molecule has 1 aliphatic rings. The van der Waals surface area contributed by atoms with Gasteiger partial charge in [0, 0.05) is 33.1 Å². The standard InChI is InChI=1S/C13H17N5OS/c1-10(19)17-4-3-5-18(7-6-17)12-11(8-14)9-15-13(16-12)20-2/h9H,3-7H2,1-2H3. The predicted octanol–water partition coefficient (Wildman–Crippen LogP) is 1.13. The summed E-state index contributed by atoms with van der Waals surface area (Å²) in [7, 11) is 0. The summed E-state index contributed by atoms with van der Waals surface area (Å²) in [5.74, 6) is 0.775. The summed E-state index contributed by atoms with van der Waals surface area (Å²) >= 11 is 1.45. The molecule has 1 saturated heterocycles. The van der Waals surface area contributed by atoms with Gasteiger partial charge in [0.05, 0.1) is 6.20 Å². The Balaban J connectivity index is 2.23. The lowest BCUT2D eigenvalue weighted by atomic mass is 10.3. The van der Waals surface area contributed by atoms with Crippen LogP contribution in [0.4, 0.5) is 5.82 Å². The van der Waals surface area contributed by atoms with Crippen LogP contribution in [0.5, 0.6) is 0 Å². The SMILES string of the molecule is CSc1ncc(C#N)c(N2CCCN(C(C)=O)CC2)n1. The molecule has 1 amide bonds. The van der Waals surface area contributed by atoms with Gasteiger partial charge in [0.1, 0.15) is 11.6 Å². The Labute approximate surface area is 122 Å². The fraction of sp³-hybridized carbons (Fsp3) is 0.538. The van der Waals surface area contributed by atoms with Gasteiger partial charge < -0.3 is 9.80 Å². The summed E-state index contributed by atoms with van der Waals surface area (Å²) in [6, 6.07) is 2.14. The normalized spacial score (nSPS) is 15.7. The first-order valence-electron chi connectivity index (χ1n) is 6.47. The van der Waals surface area contributed by atoms with Crippen molar-refractivity contribution in [3.8, 4) is 6.07 Å². The van der Waals surface area contributed by atoms with E-state index in [1.807, 2.05) is 11.2 Å². The third-order valence-electron chi connectivity index (χ3n) is 3.29. The number of amides is 1. The number of thioether (sulfide) groups is 1. The molecule has 6 nitrogen and oxygen atoms in total. The van der Waals surface area contributed by atoms with Crippen LogP contribution in [0.3, 0.4) is 0 Å². The highest BCUT2D eigenvalue weighted by atomic mass is 32.2. The molecule has 0 aliphatic carbocycles. The fourth-order valence-corrected chi connectivity index (χ4v) is 2.56. The van der Waals surface area contributed by atoms with E-state index in [-0.39, 0.29) is 5.91 Å². The average Bonchev–Trinajstić information content (AvgIpc) is 2.72. The minimum absolute atomic E-state index is 0.0971. The van der Waals surface area contributed by atoms with E-state index >= 15 is 0 Å². The van der Waals surface area contributed by atoms with Gasteiger partial charge in [-0.25, -0.2) is 9.97 Å². The van der Waals surface area contributed by atoms with Gasteiger partial charge in [-0.2, -0.15) is 5.26 Å². The summed E-state index contributed by atoms with van der Waals surface area (Å²) in [4.78, 5) is 23.9. The molecule has 0 aromatic carbocycles. The highest BCUT2D eigenvalue weighted by Gasteiger charge is 2.20. The Kier molecular flexibility index (Phi) is 4.79. The van der Waals surface area contributed by atoms with Crippen molar-refractivity contribution < 1.29 is 4.79 Å². The van der Waals surface area contributed by atoms with Crippen LogP contribution in [-0.4, -0.2) is 53.2 Å². The zero-order valence-electron chi connectivity index (χ0n) is 11.7. The quantitative estimate of drug-likeness (QED) is 0.601. The molecule has 0 spiro atoms. The van der Waals surface area contributed by atoms with E-state index in [0.29, 0.717) is 29.6 Å². The summed E-state index contributed by atoms with van der Waals surface area (Å²) in [5, 5.41) is 9.85. The molecule has 0 saturated carbocycles. The van der Waals surface area contributed by atoms with Gasteiger partial charge in [-0.3, -0.25) is 4.79 Å². The molecule has 2 heterocycles. The molecule has 0 radical (unpaired) electrons. The van der Waals surface area contributed by atoms with Gasteiger partial charge in [0.25, 0.3) is 0 Å². The second-order valence-electron chi connectivity index (χ2n) is 4.55. The van der Waals surface area contributed by atoms with Gasteiger partial charge in [-0.15, -0.1) is 0 Å². The first kappa shape index (κ1) is 14.6. The zero-order valence-corrected chi connectivity index (χ0v) is 12.5. The maximum Gasteiger partial charge on any atom is 0.219 e. The van der Waals surface area contributed by atoms with Crippen molar-refractivity contribution in [1.29, 1.82) is 5.26 Å². The number of nitriles is 1. The zero-order chi connectivity index (χ0) is 14.5. The minimum Gasteiger partial charge on any atom is -0.354 e. The predicted molar refractivity (Wildman–Crippen MR) is 77.6 cm³/mol. The van der Waals surface area contributed by atoms with Crippen molar-refractivity contribution in [2.75, 3.05) is 37.3 Å². The Bertz CT molecular complexity index is 542. The van der Waals surface area contributed by atoms with Gasteiger partial charge in [-0.1, -0.05) is 11.8 Å². The van der Waals surface area contributed by atoms with E-state index in [1.54, 1.807) is 13.1 Å². The molecule has 1 aliphatic heterocycles. The average molecular weight is 291 g/mol. The maximum atomic E-state index is 11.4. The summed E-state index contributed by atoms with van der Waals surface area (Å²) in [6.45, 7) is 4.50. The largest absolute Gasteiger partial charge is 0.354 e. The molecule has 0 bridgehead atoms. The number of hydrogen-bond donors (Lipinski definition) is 0. The minimum atomic E-state index is 0.0971. The summed E-state index contributed by atoms with van der Waals surface area (Å²) in [6.07, 6.45) is 4.36. The molecule has 20 heavy (non-hydrogen) atoms. The lowest BCUT2D eigenvalue weighted by Gasteiger charge is -2.23. The van der Waals surface area contributed by atoms with Crippen LogP contribution in [-0.2, 0) is 4.79 Å². The number of carbonyl (C=O) groups excluding carboxylic acids is 1. The summed E-state index contributed by atoms with van der Waals surface area (Å²) < 4.78 is 0. The molecule has 1 aromatic rings. The summed E-state index contributed by atoms with van der Waals surface area (Å²) in [5.41, 5.74) is 0.485. The molecule has 2 rings (SSSR count). The molecule has 106 valence electrons. The van der Waals surface area contributed by atoms with Crippen molar-refractivity contribution >= 4 is 23.5 Å². The monoisotopic (exact) mass is 291 g/mol. The van der Waals surface area contributed by atoms with Crippen LogP contribution in [0.15, 0.2) is 11.4 Å². The first-order chi connectivity index (χ1) is 9.65. The molecular weight excluding hydrogens is 274 g/mol. The second-order valence-corrected chi connectivity index (χ2v) is 5.33. The topological polar surface area (TPSA) is 73.1 Å². The molecule has 1 aromatic heterocycles. The highest BCUT2D eigenvalue weighted by molar-refractivity contribution is 7.98. The van der Waals surface area contributed by atoms with Crippen molar-refractivity contribution in [2.24, 2.45) is 0 Å². The lowest BCUT2D eigenvalue weighted by Crippen LogP contribution is -2.34. The third kappa shape index (κ3) is 3.20. The van der Waals surface area contributed by atoms with Gasteiger partial charge in [0.15, 0.2) is 11.0 Å². The lowest BCUT2D eigenvalue weighted by molar-refractivity contribution is -0.128. The molecule has 0 N–H and O–H groups in total. The van der Waals surface area contributed by atoms with Gasteiger partial charge in [-0.05, 0) is 12.7 Å². The molecule has 0 atom stereocenters. The van der Waals surface area contributed by atoms with E-state index in [0.717, 1.165) is 19.5 Å². The number of aromatic nitrogens is 2. The van der Waals surface area contributed by atoms with Crippen molar-refractivity contribution in [2.45, 2.75) is 18.5 Å². The molecular formula is C13H17N5OS. The second kappa shape index (κ2) is 6.57. The number of nitrogens with zero attached hydrogens (tertiary/aromatic N) is 5. The Morgan fingerprint density at radius 3 is 2.85 bits per heavy atom. The van der Waals surface area contributed by atoms with Gasteiger partial charge >= 0.3 is 0 Å². The van der Waals surface area contributed by atoms with Crippen molar-refractivity contribution in [3.63, 3.8) is 0 Å². The Hall–Kier alpha value is -1.81. The van der Waals surface area contributed by atoms with E-state index in [1.165, 1.54) is 11.8 Å². The van der Waals surface area contributed by atoms with Crippen LogP contribution < -0.4 is 4.90 Å². The number of carbonyl (C=O) groups is 1. The highest BCUT2D eigenvalue weighted by Crippen LogP contribution is 2.21. The third-order valence-corrected chi connectivity index (χ3v) is 3.85. The number of rotatable bonds is 2. The molecule has 0 unspecified atom stereocenters. The maximum absolute atomic E-state index is 11.4. The van der Waals surface area contributed by atoms with Crippen LogP contribution in [0, 0.1) is 11.3 Å². The van der Waals surface area contributed by atoms with Crippen LogP contribution >= 0.6 is 11.8 Å². The van der Waals surface area contributed by atoms with E-state index in [2.05, 4.69) is 20.9 Å². The van der Waals surface area contributed by atoms with Crippen LogP contribution in [0.2, 0.25) is 0 Å². The Morgan fingerprint density at radius 2 is 2.20 bits per heavy atom. The smallest absolute Gasteiger partial charge is 0.219 e. The van der Waals surface area contributed by atoms with Crippen LogP contribution in [0.25, 0.3) is 0 Å². The number of anilines is 1. The van der Waals surface area contributed by atoms with Crippen LogP contribution in [0.1, 0.15) is 18.9 Å². The first-order valence-corrected chi connectivity index (χ1v) is 7.69. The van der Waals surface area contributed by atoms with E-state index in [9.17, 15) is 10.1 Å². The molecule has 7 heteroatoms. The fourth-order valence-electron chi connectivity index (χ4n) is 2.22.